The number of thioether (sulfide) groups is 1. The Morgan fingerprint density at radius 1 is 1.03 bits per heavy atom. The van der Waals surface area contributed by atoms with Crippen molar-refractivity contribution in [3.63, 3.8) is 0 Å². The molecule has 0 N–H and O–H groups in total. The van der Waals surface area contributed by atoms with E-state index in [0.717, 1.165) is 22.6 Å². The molecule has 1 aromatic heterocycles. The SMILES string of the molecule is Cc1ccc(COc2cccc(/C=C3\SC(=Nc4ccncc4Cl)N(c4ccccc4)C3=O)c2)cc1. The van der Waals surface area contributed by atoms with Gasteiger partial charge in [-0.3, -0.25) is 14.7 Å². The molecular weight excluding hydrogens is 490 g/mol. The molecular formula is C29H22ClN3O2S. The molecule has 0 unspecified atom stereocenters. The largest absolute Gasteiger partial charge is 0.489 e. The number of hydrogen-bond acceptors (Lipinski definition) is 5. The van der Waals surface area contributed by atoms with Crippen molar-refractivity contribution in [2.45, 2.75) is 13.5 Å². The summed E-state index contributed by atoms with van der Waals surface area (Å²) < 4.78 is 5.99. The van der Waals surface area contributed by atoms with Gasteiger partial charge in [0.05, 0.1) is 21.3 Å². The maximum Gasteiger partial charge on any atom is 0.271 e. The maximum absolute atomic E-state index is 13.5. The van der Waals surface area contributed by atoms with Crippen molar-refractivity contribution in [1.82, 2.24) is 4.98 Å². The molecule has 5 nitrogen and oxygen atoms in total. The minimum absolute atomic E-state index is 0.152. The van der Waals surface area contributed by atoms with Crippen LogP contribution in [-0.4, -0.2) is 16.1 Å². The highest BCUT2D eigenvalue weighted by Gasteiger charge is 2.34. The average Bonchev–Trinajstić information content (AvgIpc) is 3.20. The molecule has 0 spiro atoms. The lowest BCUT2D eigenvalue weighted by atomic mass is 10.1. The van der Waals surface area contributed by atoms with Gasteiger partial charge in [-0.15, -0.1) is 0 Å². The Labute approximate surface area is 219 Å². The van der Waals surface area contributed by atoms with E-state index >= 15 is 0 Å². The Bertz CT molecular complexity index is 1450. The number of benzene rings is 3. The first kappa shape index (κ1) is 23.9. The Kier molecular flexibility index (Phi) is 7.16. The molecule has 2 heterocycles. The van der Waals surface area contributed by atoms with Crippen LogP contribution in [0.3, 0.4) is 0 Å². The third kappa shape index (κ3) is 5.51. The molecule has 178 valence electrons. The second kappa shape index (κ2) is 10.8. The first-order valence-corrected chi connectivity index (χ1v) is 12.5. The predicted molar refractivity (Wildman–Crippen MR) is 148 cm³/mol. The fraction of sp³-hybridized carbons (Fsp3) is 0.0690. The zero-order valence-corrected chi connectivity index (χ0v) is 21.0. The molecule has 7 heteroatoms. The van der Waals surface area contributed by atoms with E-state index in [1.54, 1.807) is 17.2 Å². The van der Waals surface area contributed by atoms with Crippen LogP contribution >= 0.6 is 23.4 Å². The summed E-state index contributed by atoms with van der Waals surface area (Å²) in [6.07, 6.45) is 5.02. The molecule has 1 fully saturated rings. The second-order valence-corrected chi connectivity index (χ2v) is 9.57. The van der Waals surface area contributed by atoms with E-state index in [4.69, 9.17) is 21.3 Å². The number of nitrogens with zero attached hydrogens (tertiary/aromatic N) is 3. The summed E-state index contributed by atoms with van der Waals surface area (Å²) in [7, 11) is 0. The number of para-hydroxylation sites is 1. The summed E-state index contributed by atoms with van der Waals surface area (Å²) in [4.78, 5) is 24.4. The number of rotatable bonds is 6. The Hall–Kier alpha value is -3.87. The summed E-state index contributed by atoms with van der Waals surface area (Å²) in [5, 5.41) is 0.944. The zero-order chi connectivity index (χ0) is 24.9. The molecule has 0 aliphatic carbocycles. The van der Waals surface area contributed by atoms with Crippen LogP contribution in [0.25, 0.3) is 6.08 Å². The van der Waals surface area contributed by atoms with Crippen LogP contribution in [0.1, 0.15) is 16.7 Å². The first-order chi connectivity index (χ1) is 17.6. The highest BCUT2D eigenvalue weighted by atomic mass is 35.5. The van der Waals surface area contributed by atoms with Gasteiger partial charge >= 0.3 is 0 Å². The molecule has 3 aromatic carbocycles. The first-order valence-electron chi connectivity index (χ1n) is 11.3. The normalized spacial score (nSPS) is 15.6. The Morgan fingerprint density at radius 2 is 1.83 bits per heavy atom. The number of aliphatic imine (C=N–C) groups is 1. The molecule has 0 radical (unpaired) electrons. The van der Waals surface area contributed by atoms with Crippen LogP contribution in [0.2, 0.25) is 5.02 Å². The summed E-state index contributed by atoms with van der Waals surface area (Å²) >= 11 is 7.59. The number of ether oxygens (including phenoxy) is 1. The number of aromatic nitrogens is 1. The molecule has 1 saturated heterocycles. The van der Waals surface area contributed by atoms with Crippen molar-refractivity contribution >= 4 is 51.9 Å². The van der Waals surface area contributed by atoms with E-state index in [9.17, 15) is 4.79 Å². The van der Waals surface area contributed by atoms with Gasteiger partial charge in [-0.1, -0.05) is 71.8 Å². The minimum atomic E-state index is -0.152. The summed E-state index contributed by atoms with van der Waals surface area (Å²) in [5.41, 5.74) is 4.46. The van der Waals surface area contributed by atoms with Gasteiger partial charge in [-0.2, -0.15) is 0 Å². The fourth-order valence-electron chi connectivity index (χ4n) is 3.61. The van der Waals surface area contributed by atoms with Crippen LogP contribution in [0.5, 0.6) is 5.75 Å². The van der Waals surface area contributed by atoms with E-state index in [0.29, 0.717) is 27.4 Å². The van der Waals surface area contributed by atoms with Gasteiger partial charge in [-0.25, -0.2) is 4.99 Å². The lowest BCUT2D eigenvalue weighted by Gasteiger charge is -2.15. The number of pyridine rings is 1. The number of halogens is 1. The van der Waals surface area contributed by atoms with Gasteiger partial charge in [0.2, 0.25) is 0 Å². The van der Waals surface area contributed by atoms with Gasteiger partial charge < -0.3 is 4.74 Å². The number of amides is 1. The third-order valence-electron chi connectivity index (χ3n) is 5.47. The van der Waals surface area contributed by atoms with Crippen LogP contribution in [0.4, 0.5) is 11.4 Å². The van der Waals surface area contributed by atoms with Crippen LogP contribution < -0.4 is 9.64 Å². The topological polar surface area (TPSA) is 54.8 Å². The van der Waals surface area contributed by atoms with Gasteiger partial charge in [0, 0.05) is 12.4 Å². The average molecular weight is 512 g/mol. The summed E-state index contributed by atoms with van der Waals surface area (Å²) in [5.74, 6) is 0.582. The summed E-state index contributed by atoms with van der Waals surface area (Å²) in [6.45, 7) is 2.53. The lowest BCUT2D eigenvalue weighted by molar-refractivity contribution is -0.113. The molecule has 1 aliphatic rings. The zero-order valence-electron chi connectivity index (χ0n) is 19.5. The van der Waals surface area contributed by atoms with Crippen molar-refractivity contribution < 1.29 is 9.53 Å². The van der Waals surface area contributed by atoms with E-state index in [-0.39, 0.29) is 5.91 Å². The van der Waals surface area contributed by atoms with E-state index < -0.39 is 0 Å². The summed E-state index contributed by atoms with van der Waals surface area (Å²) in [6, 6.07) is 27.1. The van der Waals surface area contributed by atoms with Gasteiger partial charge in [0.25, 0.3) is 5.91 Å². The number of anilines is 1. The highest BCUT2D eigenvalue weighted by molar-refractivity contribution is 8.19. The molecule has 36 heavy (non-hydrogen) atoms. The van der Waals surface area contributed by atoms with Gasteiger partial charge in [0.1, 0.15) is 12.4 Å². The molecule has 1 aliphatic heterocycles. The second-order valence-electron chi connectivity index (χ2n) is 8.15. The Morgan fingerprint density at radius 3 is 2.61 bits per heavy atom. The number of amidine groups is 1. The van der Waals surface area contributed by atoms with E-state index in [1.807, 2.05) is 60.7 Å². The molecule has 4 aromatic rings. The highest BCUT2D eigenvalue weighted by Crippen LogP contribution is 2.38. The Balaban J connectivity index is 1.43. The maximum atomic E-state index is 13.5. The quantitative estimate of drug-likeness (QED) is 0.252. The monoisotopic (exact) mass is 511 g/mol. The van der Waals surface area contributed by atoms with Gasteiger partial charge in [0.15, 0.2) is 5.17 Å². The number of carbonyl (C=O) groups is 1. The number of carbonyl (C=O) groups excluding carboxylic acids is 1. The van der Waals surface area contributed by atoms with E-state index in [2.05, 4.69) is 36.2 Å². The van der Waals surface area contributed by atoms with Crippen molar-refractivity contribution in [3.05, 3.63) is 124 Å². The molecule has 5 rings (SSSR count). The van der Waals surface area contributed by atoms with Crippen LogP contribution in [0.15, 0.2) is 107 Å². The lowest BCUT2D eigenvalue weighted by Crippen LogP contribution is -2.28. The van der Waals surface area contributed by atoms with Crippen molar-refractivity contribution in [3.8, 4) is 5.75 Å². The van der Waals surface area contributed by atoms with Crippen LogP contribution in [-0.2, 0) is 11.4 Å². The number of aryl methyl sites for hydroxylation is 1. The number of hydrogen-bond donors (Lipinski definition) is 0. The predicted octanol–water partition coefficient (Wildman–Crippen LogP) is 7.43. The molecule has 0 atom stereocenters. The smallest absolute Gasteiger partial charge is 0.271 e. The molecule has 1 amide bonds. The van der Waals surface area contributed by atoms with E-state index in [1.165, 1.54) is 23.5 Å². The van der Waals surface area contributed by atoms with Gasteiger partial charge in [-0.05, 0) is 66.2 Å². The third-order valence-corrected chi connectivity index (χ3v) is 6.73. The standard InChI is InChI=1S/C29H22ClN3O2S/c1-20-10-12-21(13-11-20)19-35-24-9-5-6-22(16-24)17-27-28(34)33(23-7-3-2-4-8-23)29(36-27)32-26-14-15-31-18-25(26)30/h2-18H,19H2,1H3/b27-17-,32-29?. The van der Waals surface area contributed by atoms with Crippen LogP contribution in [0, 0.1) is 6.92 Å². The molecule has 0 bridgehead atoms. The van der Waals surface area contributed by atoms with Crippen molar-refractivity contribution in [1.29, 1.82) is 0 Å². The van der Waals surface area contributed by atoms with Crippen molar-refractivity contribution in [2.24, 2.45) is 4.99 Å². The fourth-order valence-corrected chi connectivity index (χ4v) is 4.77. The molecule has 0 saturated carbocycles. The minimum Gasteiger partial charge on any atom is -0.489 e. The van der Waals surface area contributed by atoms with Crippen molar-refractivity contribution in [2.75, 3.05) is 4.90 Å².